The average Bonchev–Trinajstić information content (AvgIpc) is 2.59. The van der Waals surface area contributed by atoms with Crippen molar-refractivity contribution in [2.75, 3.05) is 13.1 Å². The Morgan fingerprint density at radius 2 is 1.88 bits per heavy atom. The van der Waals surface area contributed by atoms with Crippen molar-refractivity contribution in [2.24, 2.45) is 5.41 Å². The topological polar surface area (TPSA) is 112 Å². The van der Waals surface area contributed by atoms with Gasteiger partial charge in [-0.15, -0.1) is 11.8 Å². The number of thioether (sulfide) groups is 1. The van der Waals surface area contributed by atoms with Crippen molar-refractivity contribution in [3.8, 4) is 0 Å². The highest BCUT2D eigenvalue weighted by Gasteiger charge is 2.38. The van der Waals surface area contributed by atoms with Crippen molar-refractivity contribution in [1.82, 2.24) is 19.5 Å². The van der Waals surface area contributed by atoms with E-state index in [1.54, 1.807) is 44.9 Å². The van der Waals surface area contributed by atoms with E-state index < -0.39 is 27.6 Å². The van der Waals surface area contributed by atoms with Crippen LogP contribution in [0.3, 0.4) is 0 Å². The van der Waals surface area contributed by atoms with Crippen molar-refractivity contribution in [2.45, 2.75) is 49.8 Å². The Hall–Kier alpha value is -1.20. The maximum absolute atomic E-state index is 12.7. The molecule has 1 amide bonds. The van der Waals surface area contributed by atoms with Crippen LogP contribution in [0.15, 0.2) is 29.4 Å². The summed E-state index contributed by atoms with van der Waals surface area (Å²) in [5, 5.41) is 9.23. The Labute approximate surface area is 158 Å². The lowest BCUT2D eigenvalue weighted by Gasteiger charge is -2.34. The molecule has 1 aliphatic rings. The molecule has 1 aromatic heterocycles. The molecular formula is C16H26N4O4S2. The second-order valence-electron chi connectivity index (χ2n) is 7.30. The molecule has 1 saturated heterocycles. The number of pyridine rings is 1. The van der Waals surface area contributed by atoms with Gasteiger partial charge in [0.15, 0.2) is 0 Å². The van der Waals surface area contributed by atoms with Gasteiger partial charge in [0.25, 0.3) is 16.1 Å². The summed E-state index contributed by atoms with van der Waals surface area (Å²) in [5.41, 5.74) is 0.854. The Morgan fingerprint density at radius 3 is 2.38 bits per heavy atom. The SMILES string of the molecule is CC(C)(C)[C@@H](NS(=O)(=O)N1CCC(Sc2ccncc2)CC1)C(=O)NO. The van der Waals surface area contributed by atoms with Crippen molar-refractivity contribution >= 4 is 27.9 Å². The summed E-state index contributed by atoms with van der Waals surface area (Å²) in [6.07, 6.45) is 4.93. The fourth-order valence-corrected chi connectivity index (χ4v) is 5.42. The van der Waals surface area contributed by atoms with E-state index in [0.29, 0.717) is 18.3 Å². The van der Waals surface area contributed by atoms with E-state index >= 15 is 0 Å². The Bertz CT molecular complexity index is 699. The van der Waals surface area contributed by atoms with Crippen LogP contribution in [-0.4, -0.2) is 53.2 Å². The van der Waals surface area contributed by atoms with Crippen LogP contribution < -0.4 is 10.2 Å². The summed E-state index contributed by atoms with van der Waals surface area (Å²) in [6, 6.07) is 2.81. The van der Waals surface area contributed by atoms with Gasteiger partial charge < -0.3 is 0 Å². The van der Waals surface area contributed by atoms with Crippen LogP contribution in [0.1, 0.15) is 33.6 Å². The van der Waals surface area contributed by atoms with Crippen LogP contribution in [-0.2, 0) is 15.0 Å². The van der Waals surface area contributed by atoms with Crippen LogP contribution in [0.2, 0.25) is 0 Å². The molecule has 2 heterocycles. The van der Waals surface area contributed by atoms with Gasteiger partial charge in [-0.05, 0) is 30.4 Å². The number of hydrogen-bond donors (Lipinski definition) is 3. The van der Waals surface area contributed by atoms with Gasteiger partial charge in [-0.25, -0.2) is 5.48 Å². The van der Waals surface area contributed by atoms with Gasteiger partial charge in [-0.3, -0.25) is 15.0 Å². The van der Waals surface area contributed by atoms with E-state index in [2.05, 4.69) is 9.71 Å². The van der Waals surface area contributed by atoms with Gasteiger partial charge in [0.05, 0.1) is 0 Å². The number of nitrogens with one attached hydrogen (secondary N) is 2. The minimum absolute atomic E-state index is 0.336. The number of amides is 1. The largest absolute Gasteiger partial charge is 0.289 e. The van der Waals surface area contributed by atoms with Crippen molar-refractivity contribution in [3.05, 3.63) is 24.5 Å². The van der Waals surface area contributed by atoms with E-state index in [1.165, 1.54) is 9.79 Å². The first kappa shape index (κ1) is 21.1. The average molecular weight is 403 g/mol. The third-order valence-electron chi connectivity index (χ3n) is 4.20. The predicted octanol–water partition coefficient (Wildman–Crippen LogP) is 1.39. The summed E-state index contributed by atoms with van der Waals surface area (Å²) < 4.78 is 29.1. The molecule has 10 heteroatoms. The van der Waals surface area contributed by atoms with E-state index in [-0.39, 0.29) is 0 Å². The Kier molecular flexibility index (Phi) is 7.03. The lowest BCUT2D eigenvalue weighted by Crippen LogP contribution is -2.57. The zero-order valence-electron chi connectivity index (χ0n) is 15.2. The van der Waals surface area contributed by atoms with E-state index in [1.807, 2.05) is 12.1 Å². The molecule has 146 valence electrons. The molecule has 0 spiro atoms. The first-order valence-corrected chi connectivity index (χ1v) is 10.7. The summed E-state index contributed by atoms with van der Waals surface area (Å²) in [5.74, 6) is -0.774. The monoisotopic (exact) mass is 402 g/mol. The molecule has 1 atom stereocenters. The molecule has 3 N–H and O–H groups in total. The highest BCUT2D eigenvalue weighted by molar-refractivity contribution is 8.00. The molecule has 1 fully saturated rings. The van der Waals surface area contributed by atoms with Crippen LogP contribution in [0.25, 0.3) is 0 Å². The fourth-order valence-electron chi connectivity index (χ4n) is 2.71. The highest BCUT2D eigenvalue weighted by atomic mass is 32.2. The number of hydrogen-bond acceptors (Lipinski definition) is 6. The number of rotatable bonds is 6. The molecule has 0 aromatic carbocycles. The van der Waals surface area contributed by atoms with Crippen LogP contribution in [0.5, 0.6) is 0 Å². The van der Waals surface area contributed by atoms with Gasteiger partial charge in [0.1, 0.15) is 6.04 Å². The minimum Gasteiger partial charge on any atom is -0.289 e. The first-order chi connectivity index (χ1) is 12.1. The van der Waals surface area contributed by atoms with Gasteiger partial charge in [-0.2, -0.15) is 17.4 Å². The third kappa shape index (κ3) is 5.65. The zero-order valence-corrected chi connectivity index (χ0v) is 16.8. The maximum atomic E-state index is 12.7. The molecule has 0 radical (unpaired) electrons. The number of aromatic nitrogens is 1. The van der Waals surface area contributed by atoms with Crippen molar-refractivity contribution in [1.29, 1.82) is 0 Å². The van der Waals surface area contributed by atoms with Crippen LogP contribution in [0.4, 0.5) is 0 Å². The van der Waals surface area contributed by atoms with Crippen molar-refractivity contribution in [3.63, 3.8) is 0 Å². The standard InChI is InChI=1S/C16H26N4O4S2/c1-16(2,3)14(15(21)18-22)19-26(23,24)20-10-6-13(7-11-20)25-12-4-8-17-9-5-12/h4-5,8-9,13-14,19,22H,6-7,10-11H2,1-3H3,(H,18,21)/t14-/m0/s1. The van der Waals surface area contributed by atoms with E-state index in [4.69, 9.17) is 5.21 Å². The molecule has 0 aliphatic carbocycles. The van der Waals surface area contributed by atoms with Gasteiger partial charge in [-0.1, -0.05) is 20.8 Å². The summed E-state index contributed by atoms with van der Waals surface area (Å²) >= 11 is 1.72. The molecule has 2 rings (SSSR count). The van der Waals surface area contributed by atoms with E-state index in [0.717, 1.165) is 17.7 Å². The van der Waals surface area contributed by atoms with Crippen LogP contribution >= 0.6 is 11.8 Å². The number of piperidine rings is 1. The molecule has 0 bridgehead atoms. The number of nitrogens with zero attached hydrogens (tertiary/aromatic N) is 2. The molecule has 1 aromatic rings. The lowest BCUT2D eigenvalue weighted by atomic mass is 9.87. The second kappa shape index (κ2) is 8.66. The van der Waals surface area contributed by atoms with Crippen molar-refractivity contribution < 1.29 is 18.4 Å². The molecule has 1 aliphatic heterocycles. The normalized spacial score (nSPS) is 18.5. The summed E-state index contributed by atoms with van der Waals surface area (Å²) in [7, 11) is -3.82. The van der Waals surface area contributed by atoms with Gasteiger partial charge in [0, 0.05) is 35.6 Å². The third-order valence-corrected chi connectivity index (χ3v) is 7.13. The smallest absolute Gasteiger partial charge is 0.280 e. The van der Waals surface area contributed by atoms with E-state index in [9.17, 15) is 13.2 Å². The number of carbonyl (C=O) groups is 1. The molecule has 26 heavy (non-hydrogen) atoms. The Morgan fingerprint density at radius 1 is 1.31 bits per heavy atom. The Balaban J connectivity index is 1.97. The number of hydroxylamine groups is 1. The first-order valence-electron chi connectivity index (χ1n) is 8.41. The maximum Gasteiger partial charge on any atom is 0.280 e. The van der Waals surface area contributed by atoms with Gasteiger partial charge >= 0.3 is 0 Å². The second-order valence-corrected chi connectivity index (χ2v) is 10.4. The van der Waals surface area contributed by atoms with Gasteiger partial charge in [0.2, 0.25) is 0 Å². The zero-order chi connectivity index (χ0) is 19.4. The predicted molar refractivity (Wildman–Crippen MR) is 99.9 cm³/mol. The van der Waals surface area contributed by atoms with Crippen LogP contribution in [0, 0.1) is 5.41 Å². The highest BCUT2D eigenvalue weighted by Crippen LogP contribution is 2.30. The number of carbonyl (C=O) groups excluding carboxylic acids is 1. The summed E-state index contributed by atoms with van der Waals surface area (Å²) in [6.45, 7) is 5.96. The molecule has 0 saturated carbocycles. The minimum atomic E-state index is -3.82. The lowest BCUT2D eigenvalue weighted by molar-refractivity contribution is -0.133. The molecule has 8 nitrogen and oxygen atoms in total. The quantitative estimate of drug-likeness (QED) is 0.490. The fraction of sp³-hybridized carbons (Fsp3) is 0.625. The molecular weight excluding hydrogens is 376 g/mol. The molecule has 0 unspecified atom stereocenters. The summed E-state index contributed by atoms with van der Waals surface area (Å²) in [4.78, 5) is 17.0.